The van der Waals surface area contributed by atoms with Gasteiger partial charge in [-0.3, -0.25) is 48.5 Å². The number of para-hydroxylation sites is 1. The summed E-state index contributed by atoms with van der Waals surface area (Å²) in [5.41, 5.74) is 21.7. The van der Waals surface area contributed by atoms with Crippen molar-refractivity contribution < 1.29 is 43.2 Å². The maximum Gasteiger partial charge on any atom is 0.325 e. The van der Waals surface area contributed by atoms with Gasteiger partial charge in [0.25, 0.3) is 17.7 Å². The van der Waals surface area contributed by atoms with E-state index < -0.39 is 59.9 Å². The van der Waals surface area contributed by atoms with Crippen molar-refractivity contribution in [3.8, 4) is 0 Å². The molecule has 6 aromatic rings. The summed E-state index contributed by atoms with van der Waals surface area (Å²) in [6.07, 6.45) is 30.8. The molecule has 4 aliphatic carbocycles. The number of likely N-dealkylation sites (tertiary alicyclic amines) is 3. The molecule has 7 aliphatic rings. The summed E-state index contributed by atoms with van der Waals surface area (Å²) in [5, 5.41) is 10.2. The minimum Gasteiger partial charge on any atom is -0.384 e. The highest BCUT2D eigenvalue weighted by molar-refractivity contribution is 6.35. The Morgan fingerprint density at radius 1 is 0.440 bits per heavy atom. The summed E-state index contributed by atoms with van der Waals surface area (Å²) < 4.78 is 0. The number of pyridine rings is 4. The number of aromatic nitrogens is 4. The lowest BCUT2D eigenvalue weighted by atomic mass is 9.80. The number of amides is 12. The third-order valence-electron chi connectivity index (χ3n) is 23.1. The molecule has 27 heteroatoms. The van der Waals surface area contributed by atoms with Crippen molar-refractivity contribution in [1.29, 1.82) is 0 Å². The predicted molar refractivity (Wildman–Crippen MR) is 421 cm³/mol. The van der Waals surface area contributed by atoms with E-state index in [9.17, 15) is 43.2 Å². The van der Waals surface area contributed by atoms with Crippen LogP contribution in [0.4, 0.5) is 48.9 Å². The number of benzene rings is 2. The summed E-state index contributed by atoms with van der Waals surface area (Å²) in [6.45, 7) is 4.14. The minimum atomic E-state index is -0.978. The maximum absolute atomic E-state index is 13.8. The van der Waals surface area contributed by atoms with Gasteiger partial charge in [0, 0.05) is 97.4 Å². The average Bonchev–Trinajstić information content (AvgIpc) is 1.08. The number of anilines is 6. The number of nitrogen functional groups attached to an aromatic ring is 3. The fourth-order valence-electron chi connectivity index (χ4n) is 16.9. The first-order chi connectivity index (χ1) is 52.5. The summed E-state index contributed by atoms with van der Waals surface area (Å²) >= 11 is 12.3. The molecular formula is C82H104Cl2N16O9. The van der Waals surface area contributed by atoms with E-state index in [1.165, 1.54) is 59.6 Å². The SMILES string of the molecule is CCC[C@@H](NC(=O)N1C(=O)[C@H](Cc2ccnc(N)c2)[C@H]1C(=O)N(C)c1ccccc1)C1CCCCC1.CC[C@@H](NC(=O)N1C(=O)[C@H](Cc2ccnc(N)c2)[C@H]1C(=O)N(C)c1cc(Cl)cc(Cl)c1)C1CCCCC1.CN(C(=O)[C@@H]1[C@@H](Cc2ccnc(N)c2)C(=O)N1C(=O)N[C@@H](C1CCCCC1)C1CC1)c1ccncc1. The number of β-lactam (4-membered cyclic amide) rings is 3. The second-order valence-corrected chi connectivity index (χ2v) is 31.2. The molecule has 13 rings (SSSR count). The summed E-state index contributed by atoms with van der Waals surface area (Å²) in [5.74, 6) is -1.31. The molecule has 2 aromatic carbocycles. The molecule has 9 N–H and O–H groups in total. The number of halogens is 2. The van der Waals surface area contributed by atoms with Crippen LogP contribution in [0, 0.1) is 41.4 Å². The molecule has 580 valence electrons. The number of hydrogen-bond donors (Lipinski definition) is 6. The van der Waals surface area contributed by atoms with Gasteiger partial charge in [0.1, 0.15) is 35.6 Å². The molecule has 12 amide bonds. The molecule has 25 nitrogen and oxygen atoms in total. The zero-order chi connectivity index (χ0) is 77.6. The number of likely N-dealkylation sites (N-methyl/N-ethyl adjacent to an activating group) is 3. The Morgan fingerprint density at radius 2 is 0.798 bits per heavy atom. The van der Waals surface area contributed by atoms with Gasteiger partial charge in [-0.1, -0.05) is 119 Å². The van der Waals surface area contributed by atoms with E-state index in [1.54, 1.807) is 119 Å². The Morgan fingerprint density at radius 3 is 1.18 bits per heavy atom. The molecule has 4 saturated carbocycles. The fraction of sp³-hybridized carbons (Fsp3) is 0.500. The number of carbonyl (C=O) groups is 9. The van der Waals surface area contributed by atoms with Gasteiger partial charge >= 0.3 is 18.1 Å². The van der Waals surface area contributed by atoms with Crippen molar-refractivity contribution in [2.24, 2.45) is 41.4 Å². The van der Waals surface area contributed by atoms with Crippen LogP contribution in [0.5, 0.6) is 0 Å². The number of carbonyl (C=O) groups excluding carboxylic acids is 9. The van der Waals surface area contributed by atoms with Crippen molar-refractivity contribution in [2.75, 3.05) is 53.0 Å². The average molecular weight is 1530 g/mol. The number of imide groups is 3. The largest absolute Gasteiger partial charge is 0.384 e. The third-order valence-corrected chi connectivity index (χ3v) is 23.5. The summed E-state index contributed by atoms with van der Waals surface area (Å²) in [6, 6.07) is 23.8. The maximum atomic E-state index is 13.8. The first-order valence-corrected chi connectivity index (χ1v) is 39.5. The third kappa shape index (κ3) is 19.5. The van der Waals surface area contributed by atoms with Gasteiger partial charge in [0.2, 0.25) is 17.7 Å². The topological polar surface area (TPSA) is 339 Å². The highest BCUT2D eigenvalue weighted by atomic mass is 35.5. The van der Waals surface area contributed by atoms with E-state index in [2.05, 4.69) is 42.8 Å². The molecule has 4 aromatic heterocycles. The number of hydrogen-bond acceptors (Lipinski definition) is 16. The van der Waals surface area contributed by atoms with E-state index in [4.69, 9.17) is 40.4 Å². The monoisotopic (exact) mass is 1530 g/mol. The van der Waals surface area contributed by atoms with Crippen molar-refractivity contribution >= 4 is 111 Å². The van der Waals surface area contributed by atoms with Gasteiger partial charge in [0.05, 0.1) is 17.8 Å². The standard InChI is InChI=1S/C28H37N5O3.C27H33Cl2N5O3.C27H34N6O3/c1-3-10-23(20-11-6-4-7-12-20)31-28(36)33-25(27(35)32(2)21-13-8-5-9-14-21)22(26(33)34)17-19-15-16-30-24(29)18-19;1-3-22(17-7-5-4-6-8-17)32-27(37)34-24(21(25(34)35)11-16-9-10-31-23(30)12-16)26(36)33(2)20-14-18(28)13-19(29)15-20;1-32(20-10-12-29-13-11-20)26(35)24-21(15-17-9-14-30-22(28)16-17)25(34)33(24)27(36)31-23(19-7-8-19)18-5-3-2-4-6-18/h5,8-9,13-16,18,20,22-23,25H,3-4,6-7,10-12,17H2,1-2H3,(H2,29,30)(H,31,36);9-10,12-15,17,21-22,24H,3-8,11H2,1-2H3,(H2,30,31)(H,32,37);9-14,16,18-19,21,23-24H,2-8,15H2,1H3,(H2,28,30)(H,31,36)/t22-,23-,25+;21-,22-,24+;21-,23+,24+/m111/s1. The predicted octanol–water partition coefficient (Wildman–Crippen LogP) is 12.4. The zero-order valence-corrected chi connectivity index (χ0v) is 64.5. The second kappa shape index (κ2) is 37.1. The van der Waals surface area contributed by atoms with Crippen molar-refractivity contribution in [3.63, 3.8) is 0 Å². The van der Waals surface area contributed by atoms with Crippen LogP contribution in [0.1, 0.15) is 159 Å². The van der Waals surface area contributed by atoms with Gasteiger partial charge < -0.3 is 47.9 Å². The summed E-state index contributed by atoms with van der Waals surface area (Å²) in [7, 11) is 4.93. The van der Waals surface area contributed by atoms with Crippen LogP contribution in [0.2, 0.25) is 10.0 Å². The molecular weight excluding hydrogens is 1420 g/mol. The number of rotatable bonds is 22. The van der Waals surface area contributed by atoms with Crippen LogP contribution in [0.15, 0.2) is 128 Å². The highest BCUT2D eigenvalue weighted by Crippen LogP contribution is 2.43. The highest BCUT2D eigenvalue weighted by Gasteiger charge is 2.59. The molecule has 0 radical (unpaired) electrons. The van der Waals surface area contributed by atoms with E-state index in [1.807, 2.05) is 37.3 Å². The molecule has 7 fully saturated rings. The number of nitrogens with one attached hydrogen (secondary N) is 3. The van der Waals surface area contributed by atoms with Gasteiger partial charge in [-0.25, -0.2) is 29.3 Å². The van der Waals surface area contributed by atoms with Crippen molar-refractivity contribution in [1.82, 2.24) is 50.6 Å². The van der Waals surface area contributed by atoms with Crippen LogP contribution >= 0.6 is 23.2 Å². The number of nitrogens with two attached hydrogens (primary N) is 3. The van der Waals surface area contributed by atoms with E-state index in [0.29, 0.717) is 81.1 Å². The lowest BCUT2D eigenvalue weighted by Crippen LogP contribution is -2.71. The molecule has 9 atom stereocenters. The first-order valence-electron chi connectivity index (χ1n) is 38.8. The quantitative estimate of drug-likeness (QED) is 0.0344. The van der Waals surface area contributed by atoms with E-state index in [0.717, 1.165) is 115 Å². The Bertz CT molecular complexity index is 4180. The lowest BCUT2D eigenvalue weighted by Gasteiger charge is -2.46. The first kappa shape index (κ1) is 80.3. The van der Waals surface area contributed by atoms with Gasteiger partial charge in [0.15, 0.2) is 0 Å². The molecule has 0 spiro atoms. The molecule has 7 heterocycles. The molecule has 109 heavy (non-hydrogen) atoms. The lowest BCUT2D eigenvalue weighted by molar-refractivity contribution is -0.156. The Labute approximate surface area is 648 Å². The second-order valence-electron chi connectivity index (χ2n) is 30.3. The van der Waals surface area contributed by atoms with Crippen molar-refractivity contribution in [3.05, 3.63) is 155 Å². The van der Waals surface area contributed by atoms with Crippen LogP contribution in [-0.4, -0.2) is 146 Å². The van der Waals surface area contributed by atoms with Gasteiger partial charge in [-0.2, -0.15) is 0 Å². The van der Waals surface area contributed by atoms with Crippen molar-refractivity contribution in [2.45, 2.75) is 198 Å². The van der Waals surface area contributed by atoms with Gasteiger partial charge in [-0.15, -0.1) is 0 Å². The minimum absolute atomic E-state index is 0.0113. The molecule has 3 saturated heterocycles. The number of urea groups is 3. The molecule has 0 unspecified atom stereocenters. The zero-order valence-electron chi connectivity index (χ0n) is 63.0. The van der Waals surface area contributed by atoms with E-state index >= 15 is 0 Å². The molecule has 0 bridgehead atoms. The summed E-state index contributed by atoms with van der Waals surface area (Å²) in [4.78, 5) is 145. The van der Waals surface area contributed by atoms with Gasteiger partial charge in [-0.05, 0) is 203 Å². The Hall–Kier alpha value is -9.75. The number of nitrogens with zero attached hydrogens (tertiary/aromatic N) is 10. The Balaban J connectivity index is 0.000000162. The smallest absolute Gasteiger partial charge is 0.325 e. The molecule has 3 aliphatic heterocycles. The Kier molecular flexibility index (Phi) is 27.3. The van der Waals surface area contributed by atoms with Crippen LogP contribution in [0.3, 0.4) is 0 Å². The fourth-order valence-corrected chi connectivity index (χ4v) is 17.4. The van der Waals surface area contributed by atoms with E-state index in [-0.39, 0.29) is 54.1 Å². The van der Waals surface area contributed by atoms with Crippen LogP contribution in [0.25, 0.3) is 0 Å². The van der Waals surface area contributed by atoms with Crippen LogP contribution < -0.4 is 47.9 Å². The normalized spacial score (nSPS) is 21.6. The van der Waals surface area contributed by atoms with Crippen LogP contribution in [-0.2, 0) is 48.0 Å².